The molecule has 0 aromatic carbocycles. The predicted octanol–water partition coefficient (Wildman–Crippen LogP) is 1.36. The second-order valence-electron chi connectivity index (χ2n) is 4.09. The van der Waals surface area contributed by atoms with Crippen LogP contribution in [0, 0.1) is 11.8 Å². The summed E-state index contributed by atoms with van der Waals surface area (Å²) in [5, 5.41) is 0. The van der Waals surface area contributed by atoms with E-state index < -0.39 is 5.79 Å². The van der Waals surface area contributed by atoms with Gasteiger partial charge in [-0.15, -0.1) is 0 Å². The van der Waals surface area contributed by atoms with Crippen molar-refractivity contribution in [3.05, 3.63) is 0 Å². The molecule has 74 valence electrons. The molecule has 3 rings (SSSR count). The number of fused-ring (bicyclic) bond motifs is 3. The van der Waals surface area contributed by atoms with E-state index in [9.17, 15) is 4.79 Å². The number of carbonyl (C=O) groups excluding carboxylic acids is 1. The largest absolute Gasteiger partial charge is 0.352 e. The molecule has 0 spiro atoms. The second kappa shape index (κ2) is 3.07. The van der Waals surface area contributed by atoms with Crippen molar-refractivity contribution in [1.29, 1.82) is 0 Å². The van der Waals surface area contributed by atoms with Crippen molar-refractivity contribution in [2.24, 2.45) is 11.8 Å². The minimum absolute atomic E-state index is 0.0208. The van der Waals surface area contributed by atoms with E-state index in [1.807, 2.05) is 0 Å². The van der Waals surface area contributed by atoms with Crippen molar-refractivity contribution >= 4 is 5.78 Å². The van der Waals surface area contributed by atoms with Crippen LogP contribution in [0.2, 0.25) is 0 Å². The topological polar surface area (TPSA) is 35.5 Å². The summed E-state index contributed by atoms with van der Waals surface area (Å²) in [4.78, 5) is 11.6. The van der Waals surface area contributed by atoms with Crippen molar-refractivity contribution < 1.29 is 14.3 Å². The van der Waals surface area contributed by atoms with Gasteiger partial charge < -0.3 is 9.47 Å². The van der Waals surface area contributed by atoms with Gasteiger partial charge in [0.05, 0.1) is 5.92 Å². The molecule has 0 amide bonds. The van der Waals surface area contributed by atoms with Crippen LogP contribution in [0.5, 0.6) is 0 Å². The molecule has 3 fully saturated rings. The Balaban J connectivity index is 2.26. The first kappa shape index (κ1) is 9.16. The van der Waals surface area contributed by atoms with Crippen LogP contribution in [0.25, 0.3) is 0 Å². The lowest BCUT2D eigenvalue weighted by atomic mass is 9.66. The molecule has 2 atom stereocenters. The maximum Gasteiger partial charge on any atom is 0.177 e. The monoisotopic (exact) mass is 184 g/mol. The maximum absolute atomic E-state index is 11.6. The molecule has 0 aliphatic heterocycles. The van der Waals surface area contributed by atoms with E-state index in [0.29, 0.717) is 11.7 Å². The highest BCUT2D eigenvalue weighted by Gasteiger charge is 2.52. The van der Waals surface area contributed by atoms with Crippen LogP contribution in [0.3, 0.4) is 0 Å². The number of ketones is 1. The van der Waals surface area contributed by atoms with Crippen LogP contribution >= 0.6 is 0 Å². The summed E-state index contributed by atoms with van der Waals surface area (Å²) in [6, 6.07) is 0. The fourth-order valence-electron chi connectivity index (χ4n) is 2.81. The second-order valence-corrected chi connectivity index (χ2v) is 4.09. The van der Waals surface area contributed by atoms with Crippen LogP contribution in [0.4, 0.5) is 0 Å². The average Bonchev–Trinajstić information content (AvgIpc) is 2.18. The number of carbonyl (C=O) groups is 1. The Morgan fingerprint density at radius 1 is 1.31 bits per heavy atom. The molecular weight excluding hydrogens is 168 g/mol. The molecule has 0 N–H and O–H groups in total. The van der Waals surface area contributed by atoms with Gasteiger partial charge in [-0.25, -0.2) is 0 Å². The molecule has 3 saturated carbocycles. The minimum Gasteiger partial charge on any atom is -0.352 e. The summed E-state index contributed by atoms with van der Waals surface area (Å²) in [5.41, 5.74) is 0. The first-order valence-electron chi connectivity index (χ1n) is 4.85. The molecule has 0 saturated heterocycles. The third-order valence-electron chi connectivity index (χ3n) is 3.54. The third-order valence-corrected chi connectivity index (χ3v) is 3.54. The number of rotatable bonds is 2. The van der Waals surface area contributed by atoms with E-state index in [4.69, 9.17) is 9.47 Å². The zero-order valence-corrected chi connectivity index (χ0v) is 8.21. The van der Waals surface area contributed by atoms with E-state index in [1.54, 1.807) is 14.2 Å². The summed E-state index contributed by atoms with van der Waals surface area (Å²) in [6.45, 7) is 0. The van der Waals surface area contributed by atoms with Crippen molar-refractivity contribution in [2.75, 3.05) is 14.2 Å². The fourth-order valence-corrected chi connectivity index (χ4v) is 2.81. The fraction of sp³-hybridized carbons (Fsp3) is 0.900. The number of Topliss-reactive ketones (excluding diaryl/α,β-unsaturated/α-hetero) is 1. The van der Waals surface area contributed by atoms with Gasteiger partial charge in [0, 0.05) is 27.1 Å². The Hall–Kier alpha value is -0.410. The number of ether oxygens (including phenoxy) is 2. The van der Waals surface area contributed by atoms with E-state index >= 15 is 0 Å². The first-order valence-corrected chi connectivity index (χ1v) is 4.85. The molecular formula is C10H16O3. The lowest BCUT2D eigenvalue weighted by molar-refractivity contribution is -0.266. The number of hydrogen-bond donors (Lipinski definition) is 0. The lowest BCUT2D eigenvalue weighted by Gasteiger charge is -2.48. The first-order chi connectivity index (χ1) is 6.22. The van der Waals surface area contributed by atoms with E-state index in [1.165, 1.54) is 0 Å². The van der Waals surface area contributed by atoms with Gasteiger partial charge in [0.2, 0.25) is 0 Å². The van der Waals surface area contributed by atoms with Crippen LogP contribution in [-0.4, -0.2) is 25.8 Å². The van der Waals surface area contributed by atoms with Crippen LogP contribution in [0.1, 0.15) is 25.7 Å². The minimum atomic E-state index is -0.599. The standard InChI is InChI=1S/C10H16O3/c1-12-10(13-2)6-7-3-4-8(10)9(11)5-7/h7-8H,3-6H2,1-2H3/t7-,8+/m1/s1. The molecule has 3 aliphatic carbocycles. The molecule has 0 unspecified atom stereocenters. The quantitative estimate of drug-likeness (QED) is 0.608. The van der Waals surface area contributed by atoms with Crippen molar-refractivity contribution in [3.8, 4) is 0 Å². The SMILES string of the molecule is COC1(OC)C[C@@H]2CC[C@H]1C(=O)C2. The highest BCUT2D eigenvalue weighted by atomic mass is 16.7. The average molecular weight is 184 g/mol. The highest BCUT2D eigenvalue weighted by Crippen LogP contribution is 2.47. The summed E-state index contributed by atoms with van der Waals surface area (Å²) in [7, 11) is 3.27. The Kier molecular flexibility index (Phi) is 2.16. The Labute approximate surface area is 78.4 Å². The summed E-state index contributed by atoms with van der Waals surface area (Å²) >= 11 is 0. The number of hydrogen-bond acceptors (Lipinski definition) is 3. The van der Waals surface area contributed by atoms with Gasteiger partial charge in [0.15, 0.2) is 5.79 Å². The molecule has 3 heteroatoms. The van der Waals surface area contributed by atoms with E-state index in [-0.39, 0.29) is 5.92 Å². The molecule has 2 bridgehead atoms. The lowest BCUT2D eigenvalue weighted by Crippen LogP contribution is -2.54. The van der Waals surface area contributed by atoms with Gasteiger partial charge >= 0.3 is 0 Å². The van der Waals surface area contributed by atoms with E-state index in [0.717, 1.165) is 25.7 Å². The Morgan fingerprint density at radius 3 is 2.38 bits per heavy atom. The number of methoxy groups -OCH3 is 2. The van der Waals surface area contributed by atoms with Crippen LogP contribution < -0.4 is 0 Å². The summed E-state index contributed by atoms with van der Waals surface area (Å²) < 4.78 is 10.8. The van der Waals surface area contributed by atoms with Crippen LogP contribution in [-0.2, 0) is 14.3 Å². The van der Waals surface area contributed by atoms with Crippen molar-refractivity contribution in [2.45, 2.75) is 31.5 Å². The summed E-state index contributed by atoms with van der Waals surface area (Å²) in [6.07, 6.45) is 3.71. The molecule has 0 radical (unpaired) electrons. The highest BCUT2D eigenvalue weighted by molar-refractivity contribution is 5.84. The van der Waals surface area contributed by atoms with Gasteiger partial charge in [-0.2, -0.15) is 0 Å². The third kappa shape index (κ3) is 1.22. The molecule has 0 heterocycles. The molecule has 0 aromatic heterocycles. The molecule has 13 heavy (non-hydrogen) atoms. The maximum atomic E-state index is 11.6. The van der Waals surface area contributed by atoms with Gasteiger partial charge in [-0.3, -0.25) is 4.79 Å². The predicted molar refractivity (Wildman–Crippen MR) is 47.2 cm³/mol. The molecule has 0 aromatic rings. The molecule has 3 nitrogen and oxygen atoms in total. The molecule has 3 aliphatic rings. The van der Waals surface area contributed by atoms with Gasteiger partial charge in [0.25, 0.3) is 0 Å². The van der Waals surface area contributed by atoms with Crippen molar-refractivity contribution in [3.63, 3.8) is 0 Å². The zero-order valence-electron chi connectivity index (χ0n) is 8.21. The Morgan fingerprint density at radius 2 is 2.00 bits per heavy atom. The summed E-state index contributed by atoms with van der Waals surface area (Å²) in [5.74, 6) is 0.189. The van der Waals surface area contributed by atoms with Gasteiger partial charge in [-0.05, 0) is 18.8 Å². The smallest absolute Gasteiger partial charge is 0.177 e. The van der Waals surface area contributed by atoms with E-state index in [2.05, 4.69) is 0 Å². The van der Waals surface area contributed by atoms with Crippen molar-refractivity contribution in [1.82, 2.24) is 0 Å². The normalized spacial score (nSPS) is 36.6. The van der Waals surface area contributed by atoms with Gasteiger partial charge in [0.1, 0.15) is 5.78 Å². The van der Waals surface area contributed by atoms with Gasteiger partial charge in [-0.1, -0.05) is 0 Å². The Bertz CT molecular complexity index is 220. The van der Waals surface area contributed by atoms with Crippen LogP contribution in [0.15, 0.2) is 0 Å². The zero-order chi connectivity index (χ0) is 9.47.